The van der Waals surface area contributed by atoms with E-state index in [1.165, 1.54) is 0 Å². The maximum atomic E-state index is 10.9. The smallest absolute Gasteiger partial charge is 0.259 e. The third kappa shape index (κ3) is 2.07. The lowest BCUT2D eigenvalue weighted by molar-refractivity contribution is 0.0145. The van der Waals surface area contributed by atoms with Crippen LogP contribution in [0, 0.1) is 0 Å². The van der Waals surface area contributed by atoms with E-state index in [0.29, 0.717) is 24.4 Å². The molecule has 3 aromatic rings. The van der Waals surface area contributed by atoms with Crippen molar-refractivity contribution in [3.63, 3.8) is 0 Å². The first-order valence-corrected chi connectivity index (χ1v) is 7.13. The molecule has 0 aliphatic heterocycles. The standard InChI is InChI=1S/C17H15N3O2/c18-14-7-3-6-11(8-14)15-19-16(22-20-15)17(21)9-12-4-1-2-5-13(12)10-17/h1-8,21H,9-10,18H2. The van der Waals surface area contributed by atoms with Crippen LogP contribution in [0.5, 0.6) is 0 Å². The molecule has 5 heteroatoms. The molecule has 22 heavy (non-hydrogen) atoms. The van der Waals surface area contributed by atoms with Gasteiger partial charge in [0, 0.05) is 24.1 Å². The maximum absolute atomic E-state index is 10.9. The van der Waals surface area contributed by atoms with Crippen molar-refractivity contribution in [2.75, 3.05) is 5.73 Å². The normalized spacial score (nSPS) is 15.7. The van der Waals surface area contributed by atoms with Gasteiger partial charge in [0.1, 0.15) is 0 Å². The van der Waals surface area contributed by atoms with Crippen LogP contribution in [-0.4, -0.2) is 15.2 Å². The van der Waals surface area contributed by atoms with Crippen molar-refractivity contribution in [1.29, 1.82) is 0 Å². The minimum Gasteiger partial charge on any atom is -0.399 e. The van der Waals surface area contributed by atoms with Gasteiger partial charge in [0.25, 0.3) is 5.89 Å². The van der Waals surface area contributed by atoms with E-state index in [4.69, 9.17) is 10.3 Å². The maximum Gasteiger partial charge on any atom is 0.259 e. The fourth-order valence-corrected chi connectivity index (χ4v) is 2.95. The van der Waals surface area contributed by atoms with Gasteiger partial charge in [-0.2, -0.15) is 4.98 Å². The number of fused-ring (bicyclic) bond motifs is 1. The van der Waals surface area contributed by atoms with Gasteiger partial charge in [0.05, 0.1) is 0 Å². The summed E-state index contributed by atoms with van der Waals surface area (Å²) in [4.78, 5) is 4.38. The van der Waals surface area contributed by atoms with Crippen LogP contribution in [0.25, 0.3) is 11.4 Å². The number of rotatable bonds is 2. The number of aromatic nitrogens is 2. The largest absolute Gasteiger partial charge is 0.399 e. The van der Waals surface area contributed by atoms with Crippen molar-refractivity contribution in [3.05, 3.63) is 65.5 Å². The summed E-state index contributed by atoms with van der Waals surface area (Å²) in [5.41, 5.74) is 8.29. The number of hydrogen-bond acceptors (Lipinski definition) is 5. The number of nitrogen functional groups attached to an aromatic ring is 1. The zero-order valence-electron chi connectivity index (χ0n) is 11.9. The number of nitrogens with two attached hydrogens (primary N) is 1. The summed E-state index contributed by atoms with van der Waals surface area (Å²) in [5, 5.41) is 14.9. The van der Waals surface area contributed by atoms with E-state index in [1.807, 2.05) is 36.4 Å². The van der Waals surface area contributed by atoms with Crippen LogP contribution in [0.2, 0.25) is 0 Å². The molecule has 0 spiro atoms. The molecule has 5 nitrogen and oxygen atoms in total. The first-order chi connectivity index (χ1) is 10.6. The number of aliphatic hydroxyl groups is 1. The zero-order valence-corrected chi connectivity index (χ0v) is 11.9. The highest BCUT2D eigenvalue weighted by atomic mass is 16.5. The Hall–Kier alpha value is -2.66. The Morgan fingerprint density at radius 2 is 1.77 bits per heavy atom. The number of benzene rings is 2. The van der Waals surface area contributed by atoms with Crippen molar-refractivity contribution < 1.29 is 9.63 Å². The summed E-state index contributed by atoms with van der Waals surface area (Å²) in [6.07, 6.45) is 0.976. The number of hydrogen-bond donors (Lipinski definition) is 2. The molecule has 4 rings (SSSR count). The quantitative estimate of drug-likeness (QED) is 0.708. The van der Waals surface area contributed by atoms with Crippen LogP contribution in [0.3, 0.4) is 0 Å². The first kappa shape index (κ1) is 13.0. The Kier molecular flexibility index (Phi) is 2.77. The van der Waals surface area contributed by atoms with Gasteiger partial charge in [-0.3, -0.25) is 0 Å². The minimum atomic E-state index is -1.13. The lowest BCUT2D eigenvalue weighted by Crippen LogP contribution is -2.26. The average Bonchev–Trinajstić information content (AvgIpc) is 3.11. The molecule has 1 aromatic heterocycles. The summed E-state index contributed by atoms with van der Waals surface area (Å²) in [7, 11) is 0. The predicted molar refractivity (Wildman–Crippen MR) is 81.9 cm³/mol. The van der Waals surface area contributed by atoms with Gasteiger partial charge >= 0.3 is 0 Å². The van der Waals surface area contributed by atoms with E-state index in [2.05, 4.69) is 10.1 Å². The van der Waals surface area contributed by atoms with Crippen LogP contribution in [0.1, 0.15) is 17.0 Å². The highest BCUT2D eigenvalue weighted by Crippen LogP contribution is 2.37. The summed E-state index contributed by atoms with van der Waals surface area (Å²) in [6, 6.07) is 15.2. The highest BCUT2D eigenvalue weighted by Gasteiger charge is 2.41. The topological polar surface area (TPSA) is 85.2 Å². The molecule has 0 fully saturated rings. The molecule has 0 atom stereocenters. The molecule has 0 unspecified atom stereocenters. The second-order valence-corrected chi connectivity index (χ2v) is 5.70. The molecule has 1 heterocycles. The van der Waals surface area contributed by atoms with Gasteiger partial charge in [0.15, 0.2) is 5.60 Å². The van der Waals surface area contributed by atoms with Gasteiger partial charge in [0.2, 0.25) is 5.82 Å². The van der Waals surface area contributed by atoms with Crippen LogP contribution >= 0.6 is 0 Å². The predicted octanol–water partition coefficient (Wildman–Crippen LogP) is 2.31. The Labute approximate surface area is 127 Å². The highest BCUT2D eigenvalue weighted by molar-refractivity contribution is 5.60. The van der Waals surface area contributed by atoms with Gasteiger partial charge in [-0.05, 0) is 23.3 Å². The van der Waals surface area contributed by atoms with Gasteiger partial charge in [-0.1, -0.05) is 41.6 Å². The van der Waals surface area contributed by atoms with Crippen LogP contribution in [0.15, 0.2) is 53.1 Å². The summed E-state index contributed by atoms with van der Waals surface area (Å²) in [5.74, 6) is 0.688. The minimum absolute atomic E-state index is 0.251. The molecule has 1 aliphatic rings. The van der Waals surface area contributed by atoms with Crippen molar-refractivity contribution in [1.82, 2.24) is 10.1 Å². The van der Waals surface area contributed by atoms with Crippen molar-refractivity contribution in [3.8, 4) is 11.4 Å². The monoisotopic (exact) mass is 293 g/mol. The van der Waals surface area contributed by atoms with E-state index in [0.717, 1.165) is 16.7 Å². The van der Waals surface area contributed by atoms with E-state index in [1.54, 1.807) is 12.1 Å². The molecular formula is C17H15N3O2. The molecule has 0 saturated carbocycles. The zero-order chi connectivity index (χ0) is 15.2. The molecular weight excluding hydrogens is 278 g/mol. The summed E-state index contributed by atoms with van der Waals surface area (Å²) < 4.78 is 5.33. The Bertz CT molecular complexity index is 816. The Morgan fingerprint density at radius 1 is 1.05 bits per heavy atom. The van der Waals surface area contributed by atoms with E-state index < -0.39 is 5.60 Å². The molecule has 3 N–H and O–H groups in total. The molecule has 110 valence electrons. The fourth-order valence-electron chi connectivity index (χ4n) is 2.95. The SMILES string of the molecule is Nc1cccc(-c2noc(C3(O)Cc4ccccc4C3)n2)c1. The Balaban J connectivity index is 1.68. The summed E-state index contributed by atoms with van der Waals surface area (Å²) in [6.45, 7) is 0. The van der Waals surface area contributed by atoms with Crippen LogP contribution in [0.4, 0.5) is 5.69 Å². The Morgan fingerprint density at radius 3 is 2.45 bits per heavy atom. The molecule has 1 aliphatic carbocycles. The van der Waals surface area contributed by atoms with Crippen molar-refractivity contribution in [2.45, 2.75) is 18.4 Å². The van der Waals surface area contributed by atoms with E-state index in [-0.39, 0.29) is 5.89 Å². The van der Waals surface area contributed by atoms with Crippen molar-refractivity contribution >= 4 is 5.69 Å². The van der Waals surface area contributed by atoms with Gasteiger partial charge in [-0.15, -0.1) is 0 Å². The van der Waals surface area contributed by atoms with Gasteiger partial charge < -0.3 is 15.4 Å². The lowest BCUT2D eigenvalue weighted by atomic mass is 10.0. The third-order valence-electron chi connectivity index (χ3n) is 4.05. The average molecular weight is 293 g/mol. The molecule has 0 amide bonds. The van der Waals surface area contributed by atoms with Crippen LogP contribution in [-0.2, 0) is 18.4 Å². The fraction of sp³-hybridized carbons (Fsp3) is 0.176. The summed E-state index contributed by atoms with van der Waals surface area (Å²) >= 11 is 0. The molecule has 0 bridgehead atoms. The lowest BCUT2D eigenvalue weighted by Gasteiger charge is -2.16. The van der Waals surface area contributed by atoms with E-state index in [9.17, 15) is 5.11 Å². The van der Waals surface area contributed by atoms with Crippen molar-refractivity contribution in [2.24, 2.45) is 0 Å². The second-order valence-electron chi connectivity index (χ2n) is 5.70. The number of nitrogens with zero attached hydrogens (tertiary/aromatic N) is 2. The second kappa shape index (κ2) is 4.68. The molecule has 2 aromatic carbocycles. The van der Waals surface area contributed by atoms with Gasteiger partial charge in [-0.25, -0.2) is 0 Å². The van der Waals surface area contributed by atoms with Crippen LogP contribution < -0.4 is 5.73 Å². The number of anilines is 1. The molecule has 0 radical (unpaired) electrons. The molecule has 0 saturated heterocycles. The first-order valence-electron chi connectivity index (χ1n) is 7.13. The third-order valence-corrected chi connectivity index (χ3v) is 4.05. The van der Waals surface area contributed by atoms with E-state index >= 15 is 0 Å².